The number of piperidine rings is 1. The minimum absolute atomic E-state index is 0.0629. The third-order valence-electron chi connectivity index (χ3n) is 5.90. The summed E-state index contributed by atoms with van der Waals surface area (Å²) in [4.78, 5) is 52.1. The van der Waals surface area contributed by atoms with Crippen molar-refractivity contribution in [1.29, 1.82) is 0 Å². The van der Waals surface area contributed by atoms with E-state index in [4.69, 9.17) is 9.47 Å². The van der Waals surface area contributed by atoms with E-state index >= 15 is 0 Å². The molecule has 2 N–H and O–H groups in total. The maximum Gasteiger partial charge on any atom is 0.338 e. The molecule has 0 bridgehead atoms. The second-order valence-electron chi connectivity index (χ2n) is 9.48. The highest BCUT2D eigenvalue weighted by Crippen LogP contribution is 2.29. The minimum atomic E-state index is -0.727. The van der Waals surface area contributed by atoms with Crippen LogP contribution in [-0.4, -0.2) is 55.1 Å². The van der Waals surface area contributed by atoms with Gasteiger partial charge in [-0.05, 0) is 25.3 Å². The second-order valence-corrected chi connectivity index (χ2v) is 9.48. The highest BCUT2D eigenvalue weighted by atomic mass is 16.5. The molecule has 1 unspecified atom stereocenters. The Morgan fingerprint density at radius 2 is 1.71 bits per heavy atom. The zero-order chi connectivity index (χ0) is 24.9. The van der Waals surface area contributed by atoms with Crippen LogP contribution in [0.5, 0.6) is 0 Å². The molecule has 0 saturated carbocycles. The van der Waals surface area contributed by atoms with Gasteiger partial charge in [-0.2, -0.15) is 0 Å². The van der Waals surface area contributed by atoms with E-state index in [2.05, 4.69) is 10.6 Å². The summed E-state index contributed by atoms with van der Waals surface area (Å²) in [5.41, 5.74) is 0.641. The zero-order valence-electron chi connectivity index (χ0n) is 20.2. The molecule has 1 saturated heterocycles. The third kappa shape index (κ3) is 5.95. The van der Waals surface area contributed by atoms with Crippen LogP contribution in [0.25, 0.3) is 0 Å². The van der Waals surface area contributed by atoms with Crippen LogP contribution in [0.4, 0.5) is 4.79 Å². The molecule has 2 aliphatic heterocycles. The quantitative estimate of drug-likeness (QED) is 0.617. The summed E-state index contributed by atoms with van der Waals surface area (Å²) in [6, 6.07) is 7.82. The number of nitrogens with one attached hydrogen (secondary N) is 2. The van der Waals surface area contributed by atoms with Crippen molar-refractivity contribution in [2.75, 3.05) is 26.3 Å². The van der Waals surface area contributed by atoms with Gasteiger partial charge in [0, 0.05) is 18.5 Å². The van der Waals surface area contributed by atoms with E-state index in [-0.39, 0.29) is 36.3 Å². The molecule has 0 aliphatic carbocycles. The number of urea groups is 1. The van der Waals surface area contributed by atoms with Crippen molar-refractivity contribution in [3.8, 4) is 0 Å². The molecule has 3 rings (SSSR count). The van der Waals surface area contributed by atoms with Crippen LogP contribution < -0.4 is 10.6 Å². The van der Waals surface area contributed by atoms with E-state index in [1.807, 2.05) is 39.0 Å². The van der Waals surface area contributed by atoms with Crippen molar-refractivity contribution in [1.82, 2.24) is 15.5 Å². The fourth-order valence-electron chi connectivity index (χ4n) is 4.13. The Morgan fingerprint density at radius 3 is 2.29 bits per heavy atom. The van der Waals surface area contributed by atoms with E-state index in [0.717, 1.165) is 0 Å². The maximum absolute atomic E-state index is 12.8. The molecule has 2 aliphatic rings. The van der Waals surface area contributed by atoms with Crippen molar-refractivity contribution in [3.63, 3.8) is 0 Å². The Balaban J connectivity index is 1.71. The van der Waals surface area contributed by atoms with Gasteiger partial charge in [-0.15, -0.1) is 0 Å². The molecule has 1 atom stereocenters. The summed E-state index contributed by atoms with van der Waals surface area (Å²) in [5.74, 6) is -1.29. The lowest BCUT2D eigenvalue weighted by Gasteiger charge is -2.35. The van der Waals surface area contributed by atoms with Gasteiger partial charge in [0.25, 0.3) is 0 Å². The molecule has 1 aromatic rings. The van der Waals surface area contributed by atoms with E-state index in [1.165, 1.54) is 0 Å². The van der Waals surface area contributed by atoms with Crippen LogP contribution in [0.15, 0.2) is 41.6 Å². The molecule has 1 fully saturated rings. The van der Waals surface area contributed by atoms with Crippen LogP contribution in [0.1, 0.15) is 52.1 Å². The lowest BCUT2D eigenvalue weighted by molar-refractivity contribution is -0.152. The summed E-state index contributed by atoms with van der Waals surface area (Å²) in [7, 11) is 0. The molecule has 3 amide bonds. The Bertz CT molecular complexity index is 959. The Kier molecular flexibility index (Phi) is 7.96. The van der Waals surface area contributed by atoms with Crippen LogP contribution in [0.2, 0.25) is 0 Å². The number of likely N-dealkylation sites (tertiary alicyclic amines) is 1. The number of benzene rings is 1. The number of ether oxygens (including phenoxy) is 2. The molecule has 34 heavy (non-hydrogen) atoms. The molecule has 9 nitrogen and oxygen atoms in total. The highest BCUT2D eigenvalue weighted by molar-refractivity contribution is 5.95. The molecular formula is C25H33N3O6. The number of nitrogens with zero attached hydrogens (tertiary/aromatic N) is 1. The lowest BCUT2D eigenvalue weighted by atomic mass is 9.91. The van der Waals surface area contributed by atoms with Gasteiger partial charge in [0.2, 0.25) is 5.91 Å². The van der Waals surface area contributed by atoms with Gasteiger partial charge in [0.05, 0.1) is 29.8 Å². The smallest absolute Gasteiger partial charge is 0.338 e. The molecule has 9 heteroatoms. The predicted molar refractivity (Wildman–Crippen MR) is 124 cm³/mol. The fraction of sp³-hybridized carbons (Fsp3) is 0.520. The largest absolute Gasteiger partial charge is 0.463 e. The van der Waals surface area contributed by atoms with Crippen molar-refractivity contribution in [2.45, 2.75) is 46.6 Å². The van der Waals surface area contributed by atoms with E-state index in [1.54, 1.807) is 24.0 Å². The molecule has 0 spiro atoms. The topological polar surface area (TPSA) is 114 Å². The summed E-state index contributed by atoms with van der Waals surface area (Å²) < 4.78 is 10.7. The van der Waals surface area contributed by atoms with Crippen molar-refractivity contribution < 1.29 is 28.7 Å². The third-order valence-corrected chi connectivity index (χ3v) is 5.90. The summed E-state index contributed by atoms with van der Waals surface area (Å²) in [6.45, 7) is 8.21. The standard InChI is InChI=1S/C25H33N3O6/c1-5-33-22(30)19-18(26-24(32)27-20(19)16-9-7-6-8-10-16)15-34-21(29)17-11-13-28(14-12-17)23(31)25(2,3)4/h6-10,17,20H,5,11-15H2,1-4H3,(H2,26,27,32). The number of carbonyl (C=O) groups is 4. The fourth-order valence-corrected chi connectivity index (χ4v) is 4.13. The predicted octanol–water partition coefficient (Wildman–Crippen LogP) is 2.69. The van der Waals surface area contributed by atoms with Crippen LogP contribution in [0.3, 0.4) is 0 Å². The van der Waals surface area contributed by atoms with Crippen molar-refractivity contribution in [3.05, 3.63) is 47.2 Å². The Hall–Kier alpha value is -3.36. The molecule has 1 aromatic carbocycles. The molecule has 0 aromatic heterocycles. The number of hydrogen-bond donors (Lipinski definition) is 2. The Morgan fingerprint density at radius 1 is 1.06 bits per heavy atom. The van der Waals surface area contributed by atoms with Gasteiger partial charge in [-0.25, -0.2) is 9.59 Å². The number of rotatable bonds is 6. The number of hydrogen-bond acceptors (Lipinski definition) is 6. The SMILES string of the molecule is CCOC(=O)C1=C(COC(=O)C2CCN(C(=O)C(C)(C)C)CC2)NC(=O)NC1c1ccccc1. The minimum Gasteiger partial charge on any atom is -0.463 e. The summed E-state index contributed by atoms with van der Waals surface area (Å²) >= 11 is 0. The van der Waals surface area contributed by atoms with Crippen LogP contribution in [0, 0.1) is 11.3 Å². The average molecular weight is 472 g/mol. The van der Waals surface area contributed by atoms with E-state index < -0.39 is 29.4 Å². The van der Waals surface area contributed by atoms with Crippen molar-refractivity contribution >= 4 is 23.9 Å². The van der Waals surface area contributed by atoms with Gasteiger partial charge in [0.1, 0.15) is 6.61 Å². The number of carbonyl (C=O) groups excluding carboxylic acids is 4. The molecule has 0 radical (unpaired) electrons. The lowest BCUT2D eigenvalue weighted by Crippen LogP contribution is -2.47. The maximum atomic E-state index is 12.8. The van der Waals surface area contributed by atoms with Crippen LogP contribution in [-0.2, 0) is 23.9 Å². The normalized spacial score (nSPS) is 19.2. The average Bonchev–Trinajstić information content (AvgIpc) is 2.81. The van der Waals surface area contributed by atoms with Gasteiger partial charge >= 0.3 is 18.0 Å². The highest BCUT2D eigenvalue weighted by Gasteiger charge is 2.36. The summed E-state index contributed by atoms with van der Waals surface area (Å²) in [6.07, 6.45) is 1.01. The second kappa shape index (κ2) is 10.7. The van der Waals surface area contributed by atoms with Gasteiger partial charge in [0.15, 0.2) is 0 Å². The van der Waals surface area contributed by atoms with Gasteiger partial charge in [-0.3, -0.25) is 9.59 Å². The Labute approximate surface area is 199 Å². The number of amides is 3. The van der Waals surface area contributed by atoms with Gasteiger partial charge in [-0.1, -0.05) is 51.1 Å². The first-order valence-electron chi connectivity index (χ1n) is 11.6. The first-order chi connectivity index (χ1) is 16.1. The molecular weight excluding hydrogens is 438 g/mol. The van der Waals surface area contributed by atoms with Gasteiger partial charge < -0.3 is 25.0 Å². The van der Waals surface area contributed by atoms with Crippen LogP contribution >= 0.6 is 0 Å². The first-order valence-corrected chi connectivity index (χ1v) is 11.6. The number of esters is 2. The van der Waals surface area contributed by atoms with E-state index in [0.29, 0.717) is 31.5 Å². The first kappa shape index (κ1) is 25.3. The summed E-state index contributed by atoms with van der Waals surface area (Å²) in [5, 5.41) is 5.34. The molecule has 2 heterocycles. The zero-order valence-corrected chi connectivity index (χ0v) is 20.2. The monoisotopic (exact) mass is 471 g/mol. The molecule has 184 valence electrons. The van der Waals surface area contributed by atoms with E-state index in [9.17, 15) is 19.2 Å². The van der Waals surface area contributed by atoms with Crippen molar-refractivity contribution in [2.24, 2.45) is 11.3 Å².